The molecule has 0 rings (SSSR count). The Morgan fingerprint density at radius 1 is 1.06 bits per heavy atom. The van der Waals surface area contributed by atoms with Crippen LogP contribution in [0.15, 0.2) is 0 Å². The predicted octanol–water partition coefficient (Wildman–Crippen LogP) is 1.93. The number of thioether (sulfide) groups is 1. The molecule has 0 fully saturated rings. The van der Waals surface area contributed by atoms with Crippen molar-refractivity contribution < 1.29 is 8.42 Å². The Kier molecular flexibility index (Phi) is 10.6. The number of hydrogen-bond donors (Lipinski definition) is 1. The smallest absolute Gasteiger partial charge is 0.151 e. The fourth-order valence-electron chi connectivity index (χ4n) is 1.35. The summed E-state index contributed by atoms with van der Waals surface area (Å²) >= 11 is 1.90. The molecule has 0 heterocycles. The second-order valence-corrected chi connectivity index (χ2v) is 7.35. The molecule has 3 nitrogen and oxygen atoms in total. The average Bonchev–Trinajstić information content (AvgIpc) is 2.27. The van der Waals surface area contributed by atoms with Gasteiger partial charge in [0.2, 0.25) is 0 Å². The van der Waals surface area contributed by atoms with Crippen LogP contribution in [0, 0.1) is 0 Å². The van der Waals surface area contributed by atoms with E-state index in [1.165, 1.54) is 25.0 Å². The first-order chi connectivity index (χ1) is 7.62. The maximum Gasteiger partial charge on any atom is 0.151 e. The highest BCUT2D eigenvalue weighted by Crippen LogP contribution is 2.03. The fraction of sp³-hybridized carbons (Fsp3) is 1.00. The lowest BCUT2D eigenvalue weighted by Crippen LogP contribution is -2.24. The molecule has 0 saturated carbocycles. The predicted molar refractivity (Wildman–Crippen MR) is 74.0 cm³/mol. The van der Waals surface area contributed by atoms with E-state index in [4.69, 9.17) is 0 Å². The highest BCUT2D eigenvalue weighted by Gasteiger charge is 2.05. The van der Waals surface area contributed by atoms with E-state index < -0.39 is 9.84 Å². The van der Waals surface area contributed by atoms with Gasteiger partial charge < -0.3 is 5.32 Å². The van der Waals surface area contributed by atoms with Gasteiger partial charge in [-0.3, -0.25) is 0 Å². The van der Waals surface area contributed by atoms with E-state index in [-0.39, 0.29) is 11.5 Å². The van der Waals surface area contributed by atoms with Gasteiger partial charge in [-0.25, -0.2) is 8.42 Å². The van der Waals surface area contributed by atoms with Gasteiger partial charge in [-0.1, -0.05) is 19.8 Å². The molecule has 0 bridgehead atoms. The van der Waals surface area contributed by atoms with Crippen molar-refractivity contribution in [2.24, 2.45) is 0 Å². The molecule has 16 heavy (non-hydrogen) atoms. The average molecular weight is 267 g/mol. The zero-order valence-electron chi connectivity index (χ0n) is 10.5. The third kappa shape index (κ3) is 10.8. The monoisotopic (exact) mass is 267 g/mol. The van der Waals surface area contributed by atoms with Crippen LogP contribution in [0.4, 0.5) is 0 Å². The Morgan fingerprint density at radius 3 is 2.38 bits per heavy atom. The van der Waals surface area contributed by atoms with Crippen molar-refractivity contribution in [3.05, 3.63) is 0 Å². The van der Waals surface area contributed by atoms with E-state index >= 15 is 0 Å². The Bertz CT molecular complexity index is 240. The van der Waals surface area contributed by atoms with Crippen molar-refractivity contribution >= 4 is 21.6 Å². The van der Waals surface area contributed by atoms with E-state index in [2.05, 4.69) is 11.6 Å². The molecule has 0 aromatic carbocycles. The minimum atomic E-state index is -2.79. The molecule has 0 unspecified atom stereocenters. The largest absolute Gasteiger partial charge is 0.316 e. The summed E-state index contributed by atoms with van der Waals surface area (Å²) in [6, 6.07) is 0. The second-order valence-electron chi connectivity index (χ2n) is 3.89. The van der Waals surface area contributed by atoms with Crippen LogP contribution in [-0.2, 0) is 9.84 Å². The van der Waals surface area contributed by atoms with Gasteiger partial charge in [0.05, 0.1) is 5.75 Å². The Balaban J connectivity index is 3.16. The molecule has 1 N–H and O–H groups in total. The molecule has 5 heteroatoms. The third-order valence-corrected chi connectivity index (χ3v) is 4.88. The molecule has 0 aliphatic rings. The van der Waals surface area contributed by atoms with E-state index in [9.17, 15) is 8.42 Å². The van der Waals surface area contributed by atoms with Crippen molar-refractivity contribution in [2.75, 3.05) is 36.6 Å². The Hall–Kier alpha value is 0.260. The molecule has 0 aromatic heterocycles. The molecule has 0 aliphatic carbocycles. The first-order valence-corrected chi connectivity index (χ1v) is 9.24. The number of sulfone groups is 1. The minimum Gasteiger partial charge on any atom is -0.316 e. The van der Waals surface area contributed by atoms with Crippen LogP contribution >= 0.6 is 11.8 Å². The van der Waals surface area contributed by atoms with Crippen molar-refractivity contribution in [1.82, 2.24) is 5.32 Å². The summed E-state index contributed by atoms with van der Waals surface area (Å²) < 4.78 is 22.3. The molecule has 98 valence electrons. The first kappa shape index (κ1) is 16.3. The highest BCUT2D eigenvalue weighted by atomic mass is 32.2. The SMILES string of the molecule is CCS(=O)(=O)CCNCCCCCCSC. The summed E-state index contributed by atoms with van der Waals surface area (Å²) in [5, 5.41) is 3.18. The van der Waals surface area contributed by atoms with Gasteiger partial charge in [-0.15, -0.1) is 0 Å². The Labute approximate surface area is 105 Å². The molecule has 0 spiro atoms. The number of nitrogens with one attached hydrogen (secondary N) is 1. The number of hydrogen-bond acceptors (Lipinski definition) is 4. The van der Waals surface area contributed by atoms with Gasteiger partial charge >= 0.3 is 0 Å². The lowest BCUT2D eigenvalue weighted by Gasteiger charge is -2.04. The van der Waals surface area contributed by atoms with Gasteiger partial charge in [0.1, 0.15) is 0 Å². The summed E-state index contributed by atoms with van der Waals surface area (Å²) in [6.45, 7) is 3.24. The van der Waals surface area contributed by atoms with Crippen molar-refractivity contribution in [3.8, 4) is 0 Å². The standard InChI is InChI=1S/C11H25NO2S2/c1-3-16(13,14)11-9-12-8-6-4-5-7-10-15-2/h12H,3-11H2,1-2H3. The minimum absolute atomic E-state index is 0.253. The van der Waals surface area contributed by atoms with E-state index in [1.54, 1.807) is 6.92 Å². The summed E-state index contributed by atoms with van der Waals surface area (Å²) in [7, 11) is -2.79. The van der Waals surface area contributed by atoms with Crippen LogP contribution in [0.1, 0.15) is 32.6 Å². The van der Waals surface area contributed by atoms with Gasteiger partial charge in [-0.05, 0) is 31.4 Å². The van der Waals surface area contributed by atoms with Crippen molar-refractivity contribution in [3.63, 3.8) is 0 Å². The van der Waals surface area contributed by atoms with Crippen LogP contribution in [-0.4, -0.2) is 45.0 Å². The maximum atomic E-state index is 11.2. The Morgan fingerprint density at radius 2 is 1.75 bits per heavy atom. The number of rotatable bonds is 11. The van der Waals surface area contributed by atoms with Crippen molar-refractivity contribution in [1.29, 1.82) is 0 Å². The molecule has 0 aliphatic heterocycles. The van der Waals surface area contributed by atoms with Gasteiger partial charge in [0.25, 0.3) is 0 Å². The lowest BCUT2D eigenvalue weighted by molar-refractivity contribution is 0.584. The van der Waals surface area contributed by atoms with E-state index in [1.807, 2.05) is 11.8 Å². The van der Waals surface area contributed by atoms with E-state index in [0.29, 0.717) is 6.54 Å². The van der Waals surface area contributed by atoms with Crippen LogP contribution in [0.2, 0.25) is 0 Å². The number of unbranched alkanes of at least 4 members (excludes halogenated alkanes) is 3. The quantitative estimate of drug-likeness (QED) is 0.581. The summed E-state index contributed by atoms with van der Waals surface area (Å²) in [5.41, 5.74) is 0. The molecule has 0 atom stereocenters. The van der Waals surface area contributed by atoms with Crippen LogP contribution < -0.4 is 5.32 Å². The van der Waals surface area contributed by atoms with Gasteiger partial charge in [0, 0.05) is 12.3 Å². The molecule has 0 saturated heterocycles. The molecule has 0 radical (unpaired) electrons. The van der Waals surface area contributed by atoms with Gasteiger partial charge in [-0.2, -0.15) is 11.8 Å². The molecular weight excluding hydrogens is 242 g/mol. The zero-order chi connectivity index (χ0) is 12.3. The molecule has 0 aromatic rings. The summed E-state index contributed by atoms with van der Waals surface area (Å²) in [5.74, 6) is 1.78. The summed E-state index contributed by atoms with van der Waals surface area (Å²) in [6.07, 6.45) is 7.12. The second kappa shape index (κ2) is 10.4. The van der Waals surface area contributed by atoms with Crippen molar-refractivity contribution in [2.45, 2.75) is 32.6 Å². The van der Waals surface area contributed by atoms with Crippen LogP contribution in [0.3, 0.4) is 0 Å². The highest BCUT2D eigenvalue weighted by molar-refractivity contribution is 7.98. The van der Waals surface area contributed by atoms with Gasteiger partial charge in [0.15, 0.2) is 9.84 Å². The topological polar surface area (TPSA) is 46.2 Å². The molecule has 0 amide bonds. The fourth-order valence-corrected chi connectivity index (χ4v) is 2.58. The lowest BCUT2D eigenvalue weighted by atomic mass is 10.2. The first-order valence-electron chi connectivity index (χ1n) is 6.02. The summed E-state index contributed by atoms with van der Waals surface area (Å²) in [4.78, 5) is 0. The maximum absolute atomic E-state index is 11.2. The third-order valence-electron chi connectivity index (χ3n) is 2.48. The van der Waals surface area contributed by atoms with Crippen LogP contribution in [0.25, 0.3) is 0 Å². The zero-order valence-corrected chi connectivity index (χ0v) is 12.1. The van der Waals surface area contributed by atoms with Crippen LogP contribution in [0.5, 0.6) is 0 Å². The normalized spacial score (nSPS) is 11.9. The molecular formula is C11H25NO2S2. The van der Waals surface area contributed by atoms with E-state index in [0.717, 1.165) is 13.0 Å².